The van der Waals surface area contributed by atoms with Gasteiger partial charge in [-0.3, -0.25) is 9.89 Å². The summed E-state index contributed by atoms with van der Waals surface area (Å²) in [6, 6.07) is 11.2. The average molecular weight is 444 g/mol. The van der Waals surface area contributed by atoms with Crippen molar-refractivity contribution in [3.05, 3.63) is 35.9 Å². The second kappa shape index (κ2) is 10.2. The van der Waals surface area contributed by atoms with Gasteiger partial charge in [0.25, 0.3) is 0 Å². The molecule has 0 aliphatic carbocycles. The number of guanidine groups is 1. The molecule has 0 aromatic heterocycles. The number of aliphatic imine (C=N–C) groups is 1. The number of hydrogen-bond donors (Lipinski definition) is 1. The van der Waals surface area contributed by atoms with E-state index in [0.29, 0.717) is 12.0 Å². The third-order valence-corrected chi connectivity index (χ3v) is 4.78. The van der Waals surface area contributed by atoms with Crippen LogP contribution in [0, 0.1) is 0 Å². The van der Waals surface area contributed by atoms with Crippen molar-refractivity contribution in [2.45, 2.75) is 31.8 Å². The maximum absolute atomic E-state index is 6.17. The van der Waals surface area contributed by atoms with Crippen LogP contribution in [0.1, 0.15) is 24.8 Å². The van der Waals surface area contributed by atoms with E-state index in [2.05, 4.69) is 45.1 Å². The zero-order valence-electron chi connectivity index (χ0n) is 14.3. The Hall–Kier alpha value is -0.860. The molecule has 0 spiro atoms. The van der Waals surface area contributed by atoms with Crippen molar-refractivity contribution >= 4 is 29.9 Å². The van der Waals surface area contributed by atoms with Crippen molar-refractivity contribution in [2.75, 3.05) is 39.4 Å². The molecule has 2 heterocycles. The van der Waals surface area contributed by atoms with E-state index in [1.54, 1.807) is 0 Å². The monoisotopic (exact) mass is 444 g/mol. The minimum absolute atomic E-state index is 0. The molecule has 134 valence electrons. The predicted octanol–water partition coefficient (Wildman–Crippen LogP) is 2.31. The first-order chi connectivity index (χ1) is 11.3. The largest absolute Gasteiger partial charge is 0.378 e. The van der Waals surface area contributed by atoms with Crippen molar-refractivity contribution in [1.29, 1.82) is 0 Å². The number of benzene rings is 1. The summed E-state index contributed by atoms with van der Waals surface area (Å²) >= 11 is 0. The van der Waals surface area contributed by atoms with Crippen LogP contribution in [-0.4, -0.2) is 61.2 Å². The Morgan fingerprint density at radius 1 is 1.12 bits per heavy atom. The molecule has 6 heteroatoms. The number of halogens is 1. The fourth-order valence-corrected chi connectivity index (χ4v) is 3.38. The molecule has 2 saturated heterocycles. The maximum Gasteiger partial charge on any atom is 0.191 e. The molecule has 0 amide bonds. The Kier molecular flexibility index (Phi) is 8.28. The summed E-state index contributed by atoms with van der Waals surface area (Å²) in [6.45, 7) is 6.18. The summed E-state index contributed by atoms with van der Waals surface area (Å²) in [4.78, 5) is 9.38. The first kappa shape index (κ1) is 19.5. The summed E-state index contributed by atoms with van der Waals surface area (Å²) in [6.07, 6.45) is 3.79. The van der Waals surface area contributed by atoms with Crippen LogP contribution < -0.4 is 5.73 Å². The predicted molar refractivity (Wildman–Crippen MR) is 109 cm³/mol. The highest BCUT2D eigenvalue weighted by atomic mass is 127. The second-order valence-corrected chi connectivity index (χ2v) is 6.40. The van der Waals surface area contributed by atoms with Gasteiger partial charge in [-0.05, 0) is 24.9 Å². The Labute approximate surface area is 162 Å². The third-order valence-electron chi connectivity index (χ3n) is 4.78. The highest BCUT2D eigenvalue weighted by Crippen LogP contribution is 2.20. The Bertz CT molecular complexity index is 505. The molecule has 2 fully saturated rings. The lowest BCUT2D eigenvalue weighted by atomic mass is 10.0. The Morgan fingerprint density at radius 2 is 1.88 bits per heavy atom. The topological polar surface area (TPSA) is 54.1 Å². The van der Waals surface area contributed by atoms with Gasteiger partial charge in [0.2, 0.25) is 0 Å². The molecule has 1 unspecified atom stereocenters. The van der Waals surface area contributed by atoms with E-state index in [0.717, 1.165) is 45.9 Å². The Balaban J connectivity index is 0.00000208. The molecule has 5 nitrogen and oxygen atoms in total. The maximum atomic E-state index is 6.17. The fraction of sp³-hybridized carbons (Fsp3) is 0.611. The Morgan fingerprint density at radius 3 is 2.62 bits per heavy atom. The van der Waals surface area contributed by atoms with Crippen molar-refractivity contribution in [2.24, 2.45) is 10.7 Å². The van der Waals surface area contributed by atoms with Gasteiger partial charge in [-0.2, -0.15) is 0 Å². The number of rotatable bonds is 4. The number of likely N-dealkylation sites (tertiary alicyclic amines) is 1. The molecule has 0 radical (unpaired) electrons. The van der Waals surface area contributed by atoms with Gasteiger partial charge >= 0.3 is 0 Å². The lowest BCUT2D eigenvalue weighted by molar-refractivity contribution is 0.0672. The number of nitrogens with two attached hydrogens (primary N) is 1. The summed E-state index contributed by atoms with van der Waals surface area (Å²) < 4.78 is 5.37. The number of ether oxygens (including phenoxy) is 1. The van der Waals surface area contributed by atoms with Crippen LogP contribution in [0.3, 0.4) is 0 Å². The summed E-state index contributed by atoms with van der Waals surface area (Å²) in [7, 11) is 0. The number of morpholine rings is 1. The summed E-state index contributed by atoms with van der Waals surface area (Å²) in [5.41, 5.74) is 7.54. The van der Waals surface area contributed by atoms with Crippen LogP contribution >= 0.6 is 24.0 Å². The first-order valence-electron chi connectivity index (χ1n) is 8.73. The first-order valence-corrected chi connectivity index (χ1v) is 8.73. The molecule has 1 atom stereocenters. The zero-order valence-corrected chi connectivity index (χ0v) is 16.6. The molecule has 2 aliphatic rings. The van der Waals surface area contributed by atoms with E-state index in [1.807, 2.05) is 0 Å². The van der Waals surface area contributed by atoms with Crippen molar-refractivity contribution in [1.82, 2.24) is 9.80 Å². The van der Waals surface area contributed by atoms with Gasteiger partial charge < -0.3 is 15.4 Å². The van der Waals surface area contributed by atoms with Crippen LogP contribution in [0.15, 0.2) is 35.3 Å². The average Bonchev–Trinajstić information content (AvgIpc) is 2.62. The summed E-state index contributed by atoms with van der Waals surface area (Å²) in [5, 5.41) is 0. The van der Waals surface area contributed by atoms with E-state index in [4.69, 9.17) is 10.5 Å². The number of hydrogen-bond acceptors (Lipinski definition) is 3. The van der Waals surface area contributed by atoms with E-state index in [-0.39, 0.29) is 24.0 Å². The van der Waals surface area contributed by atoms with Crippen molar-refractivity contribution < 1.29 is 4.74 Å². The van der Waals surface area contributed by atoms with Gasteiger partial charge in [0.05, 0.1) is 19.8 Å². The number of nitrogens with zero attached hydrogens (tertiary/aromatic N) is 3. The van der Waals surface area contributed by atoms with Crippen molar-refractivity contribution in [3.63, 3.8) is 0 Å². The molecule has 2 aliphatic heterocycles. The molecule has 1 aromatic carbocycles. The molecular formula is C18H29IN4O. The quantitative estimate of drug-likeness (QED) is 0.440. The molecule has 24 heavy (non-hydrogen) atoms. The molecule has 0 saturated carbocycles. The van der Waals surface area contributed by atoms with Gasteiger partial charge in [0.1, 0.15) is 0 Å². The second-order valence-electron chi connectivity index (χ2n) is 6.40. The molecule has 3 rings (SSSR count). The van der Waals surface area contributed by atoms with Crippen LogP contribution in [0.2, 0.25) is 0 Å². The molecule has 1 aromatic rings. The van der Waals surface area contributed by atoms with Gasteiger partial charge in [-0.1, -0.05) is 36.8 Å². The minimum atomic E-state index is 0. The highest BCUT2D eigenvalue weighted by molar-refractivity contribution is 14.0. The van der Waals surface area contributed by atoms with Gasteiger partial charge in [-0.15, -0.1) is 24.0 Å². The normalized spacial score (nSPS) is 22.9. The van der Waals surface area contributed by atoms with E-state index < -0.39 is 0 Å². The molecule has 2 N–H and O–H groups in total. The highest BCUT2D eigenvalue weighted by Gasteiger charge is 2.22. The van der Waals surface area contributed by atoms with Gasteiger partial charge in [0, 0.05) is 25.7 Å². The summed E-state index contributed by atoms with van der Waals surface area (Å²) in [5.74, 6) is 0.679. The van der Waals surface area contributed by atoms with Crippen LogP contribution in [0.25, 0.3) is 0 Å². The lowest BCUT2D eigenvalue weighted by Gasteiger charge is -2.35. The lowest BCUT2D eigenvalue weighted by Crippen LogP contribution is -2.46. The minimum Gasteiger partial charge on any atom is -0.378 e. The van der Waals surface area contributed by atoms with Gasteiger partial charge in [0.15, 0.2) is 5.96 Å². The standard InChI is InChI=1S/C18H28N4O.HI/c19-18(21-10-12-23-13-11-21)20-14-17-8-4-5-9-22(17)15-16-6-2-1-3-7-16;/h1-3,6-7,17H,4-5,8-15H2,(H2,19,20);1H. The van der Waals surface area contributed by atoms with E-state index >= 15 is 0 Å². The van der Waals surface area contributed by atoms with Crippen LogP contribution in [0.4, 0.5) is 0 Å². The van der Waals surface area contributed by atoms with Crippen LogP contribution in [0.5, 0.6) is 0 Å². The zero-order chi connectivity index (χ0) is 15.9. The molecular weight excluding hydrogens is 415 g/mol. The smallest absolute Gasteiger partial charge is 0.191 e. The number of piperidine rings is 1. The fourth-order valence-electron chi connectivity index (χ4n) is 3.38. The SMILES string of the molecule is I.NC(=NCC1CCCCN1Cc1ccccc1)N1CCOCC1. The van der Waals surface area contributed by atoms with E-state index in [1.165, 1.54) is 24.8 Å². The van der Waals surface area contributed by atoms with Crippen molar-refractivity contribution in [3.8, 4) is 0 Å². The van der Waals surface area contributed by atoms with Crippen LogP contribution in [-0.2, 0) is 11.3 Å². The third kappa shape index (κ3) is 5.60. The van der Waals surface area contributed by atoms with E-state index in [9.17, 15) is 0 Å². The van der Waals surface area contributed by atoms with Gasteiger partial charge in [-0.25, -0.2) is 0 Å². The molecule has 0 bridgehead atoms.